The fraction of sp³-hybridized carbons (Fsp3) is 0.216. The number of esters is 5. The molecule has 4 aromatic carbocycles. The van der Waals surface area contributed by atoms with Crippen LogP contribution >= 0.6 is 73.7 Å². The SMILES string of the molecule is CCOC(=O)CC(=O)OCC.CCOC(=O)c1c(Cl)c2ccccc2[nH]c1=O.CCOC(=O)c1c(Cl)nc2ccccc2c1Cl.CCOC(=O)c1c(O)c2ccccc2[nH]c1=O.O=P(Cl)(Cl)Cl.O=c1[nH]c2ccccc2c(=O)o1. The molecule has 0 bridgehead atoms. The minimum Gasteiger partial charge on any atom is -0.506 e. The number of rotatable bonds is 10. The number of ether oxygens (including phenoxy) is 5. The van der Waals surface area contributed by atoms with E-state index in [0.717, 1.165) is 0 Å². The molecular formula is C51H47Cl6N4O17P. The van der Waals surface area contributed by atoms with E-state index in [2.05, 4.69) is 67.5 Å². The first-order chi connectivity index (χ1) is 37.4. The van der Waals surface area contributed by atoms with Crippen molar-refractivity contribution in [2.75, 3.05) is 33.0 Å². The van der Waals surface area contributed by atoms with Gasteiger partial charge >= 0.3 is 46.4 Å². The second-order valence-electron chi connectivity index (χ2n) is 14.7. The molecule has 0 saturated carbocycles. The number of aromatic hydroxyl groups is 1. The Bertz CT molecular complexity index is 3610. The second kappa shape index (κ2) is 32.6. The number of benzene rings is 4. The van der Waals surface area contributed by atoms with Crippen molar-refractivity contribution in [2.24, 2.45) is 0 Å². The molecule has 21 nitrogen and oxygen atoms in total. The van der Waals surface area contributed by atoms with Gasteiger partial charge in [0.05, 0.1) is 65.0 Å². The minimum absolute atomic E-state index is 0.0622. The number of aromatic amines is 3. The molecule has 0 aliphatic carbocycles. The zero-order chi connectivity index (χ0) is 59.0. The number of pyridine rings is 3. The highest BCUT2D eigenvalue weighted by Crippen LogP contribution is 2.61. The van der Waals surface area contributed by atoms with Crippen LogP contribution in [0.3, 0.4) is 0 Å². The number of aromatic nitrogens is 4. The molecule has 28 heteroatoms. The smallest absolute Gasteiger partial charge is 0.419 e. The Balaban J connectivity index is 0.000000256. The number of nitrogens with zero attached hydrogens (tertiary/aromatic N) is 1. The molecular weight excluding hydrogens is 1180 g/mol. The first-order valence-corrected chi connectivity index (χ1v) is 28.5. The highest BCUT2D eigenvalue weighted by Gasteiger charge is 2.22. The van der Waals surface area contributed by atoms with Crippen molar-refractivity contribution >= 4 is 147 Å². The largest absolute Gasteiger partial charge is 0.506 e. The fourth-order valence-corrected chi connectivity index (χ4v) is 7.28. The lowest BCUT2D eigenvalue weighted by Gasteiger charge is -2.08. The lowest BCUT2D eigenvalue weighted by atomic mass is 10.1. The lowest BCUT2D eigenvalue weighted by Crippen LogP contribution is -2.20. The highest BCUT2D eigenvalue weighted by molar-refractivity contribution is 8.24. The molecule has 0 saturated heterocycles. The first-order valence-electron chi connectivity index (χ1n) is 22.9. The lowest BCUT2D eigenvalue weighted by molar-refractivity contribution is -0.153. The number of hydrogen-bond acceptors (Lipinski definition) is 18. The molecule has 420 valence electrons. The van der Waals surface area contributed by atoms with E-state index in [0.29, 0.717) is 43.6 Å². The molecule has 0 aliphatic rings. The third-order valence-corrected chi connectivity index (χ3v) is 10.5. The van der Waals surface area contributed by atoms with Crippen molar-refractivity contribution in [3.05, 3.63) is 171 Å². The summed E-state index contributed by atoms with van der Waals surface area (Å²) in [5, 5.41) is 9.25. The molecule has 4 heterocycles. The molecule has 0 spiro atoms. The summed E-state index contributed by atoms with van der Waals surface area (Å²) in [6, 6.07) is 27.6. The Morgan fingerprint density at radius 3 is 1.38 bits per heavy atom. The number of H-pyrrole nitrogens is 3. The standard InChI is InChI=1S/C12H9Cl2NO2.C12H10ClNO3.C12H11NO4.C8H5NO3.C7H12O4.Cl3OP/c1-2-17-12(16)9-10(13)7-5-3-4-6-8(7)15-11(9)14;1-2-17-12(16)9-10(13)7-5-3-4-6-8(7)14-11(9)15;1-2-17-12(16)9-10(14)7-5-3-4-6-8(7)13-11(9)15;10-7-5-3-1-2-4-6(5)9-8(11)12-7;1-3-10-6(8)5-7(9)11-4-2;1-5(2,3)4/h3-6H,2H2,1H3;3-6H,2H2,1H3,(H,14,15);3-6H,2H2,1H3,(H2,13,14,15);1-4H,(H,9,11);3-5H2,1-2H3;. The van der Waals surface area contributed by atoms with E-state index in [9.17, 15) is 52.8 Å². The monoisotopic (exact) mass is 1230 g/mol. The summed E-state index contributed by atoms with van der Waals surface area (Å²) in [4.78, 5) is 113. The fourth-order valence-electron chi connectivity index (χ4n) is 6.31. The summed E-state index contributed by atoms with van der Waals surface area (Å²) < 4.78 is 37.3. The number of nitrogens with one attached hydrogen (secondary N) is 3. The Labute approximate surface area is 476 Å². The van der Waals surface area contributed by atoms with E-state index in [1.807, 2.05) is 12.1 Å². The van der Waals surface area contributed by atoms with Crippen LogP contribution in [0.2, 0.25) is 15.2 Å². The Morgan fingerprint density at radius 2 is 0.886 bits per heavy atom. The van der Waals surface area contributed by atoms with Gasteiger partial charge in [-0.1, -0.05) is 95.5 Å². The zero-order valence-corrected chi connectivity index (χ0v) is 47.6. The van der Waals surface area contributed by atoms with Crippen LogP contribution in [0.5, 0.6) is 5.75 Å². The van der Waals surface area contributed by atoms with Gasteiger partial charge in [-0.3, -0.25) is 28.7 Å². The number of carbonyl (C=O) groups is 5. The number of fused-ring (bicyclic) bond motifs is 4. The maximum atomic E-state index is 11.7. The maximum absolute atomic E-state index is 11.7. The van der Waals surface area contributed by atoms with Crippen molar-refractivity contribution in [1.82, 2.24) is 19.9 Å². The summed E-state index contributed by atoms with van der Waals surface area (Å²) in [6.07, 6.45) is -0.290. The molecule has 4 N–H and O–H groups in total. The third kappa shape index (κ3) is 20.5. The van der Waals surface area contributed by atoms with E-state index < -0.39 is 57.5 Å². The molecule has 79 heavy (non-hydrogen) atoms. The Morgan fingerprint density at radius 1 is 0.519 bits per heavy atom. The van der Waals surface area contributed by atoms with E-state index in [1.54, 1.807) is 120 Å². The summed E-state index contributed by atoms with van der Waals surface area (Å²) in [6.45, 7) is 9.56. The van der Waals surface area contributed by atoms with Crippen molar-refractivity contribution in [3.8, 4) is 5.75 Å². The van der Waals surface area contributed by atoms with Crippen LogP contribution in [0.1, 0.15) is 72.1 Å². The summed E-state index contributed by atoms with van der Waals surface area (Å²) in [5.74, 6) is -4.22. The summed E-state index contributed by atoms with van der Waals surface area (Å²) in [7, 11) is 0. The first kappa shape index (κ1) is 66.1. The van der Waals surface area contributed by atoms with Crippen molar-refractivity contribution in [2.45, 2.75) is 41.0 Å². The molecule has 4 aromatic heterocycles. The molecule has 0 aliphatic heterocycles. The van der Waals surface area contributed by atoms with Gasteiger partial charge in [-0.2, -0.15) is 0 Å². The predicted octanol–water partition coefficient (Wildman–Crippen LogP) is 11.3. The van der Waals surface area contributed by atoms with Gasteiger partial charge in [0.1, 0.15) is 28.5 Å². The van der Waals surface area contributed by atoms with Crippen LogP contribution in [0.25, 0.3) is 43.6 Å². The Hall–Kier alpha value is -7.23. The van der Waals surface area contributed by atoms with Gasteiger partial charge < -0.3 is 43.2 Å². The van der Waals surface area contributed by atoms with Gasteiger partial charge in [0.2, 0.25) is 0 Å². The quantitative estimate of drug-likeness (QED) is 0.0325. The Kier molecular flexibility index (Phi) is 27.3. The third-order valence-electron chi connectivity index (χ3n) is 9.44. The van der Waals surface area contributed by atoms with Gasteiger partial charge in [0.15, 0.2) is 5.56 Å². The molecule has 8 rings (SSSR count). The second-order valence-corrected chi connectivity index (χ2v) is 22.5. The number of carbonyl (C=O) groups excluding carboxylic acids is 5. The zero-order valence-electron chi connectivity index (χ0n) is 42.1. The van der Waals surface area contributed by atoms with Crippen LogP contribution in [0.4, 0.5) is 0 Å². The van der Waals surface area contributed by atoms with Crippen LogP contribution < -0.4 is 22.5 Å². The number of halogens is 6. The topological polar surface area (TPSA) is 310 Å². The highest BCUT2D eigenvalue weighted by atomic mass is 36.0. The van der Waals surface area contributed by atoms with E-state index >= 15 is 0 Å². The average Bonchev–Trinajstić information content (AvgIpc) is 3.42. The van der Waals surface area contributed by atoms with Crippen molar-refractivity contribution in [3.63, 3.8) is 0 Å². The van der Waals surface area contributed by atoms with Crippen LogP contribution in [-0.2, 0) is 37.8 Å². The number of para-hydroxylation sites is 4. The summed E-state index contributed by atoms with van der Waals surface area (Å²) in [5.41, 5.74) is 0.0423. The van der Waals surface area contributed by atoms with Gasteiger partial charge in [0, 0.05) is 21.7 Å². The summed E-state index contributed by atoms with van der Waals surface area (Å²) >= 11 is 32.0. The normalized spacial score (nSPS) is 10.3. The van der Waals surface area contributed by atoms with Crippen LogP contribution in [-0.4, -0.2) is 87.9 Å². The van der Waals surface area contributed by atoms with Gasteiger partial charge in [-0.15, -0.1) is 0 Å². The van der Waals surface area contributed by atoms with Gasteiger partial charge in [-0.05, 0) is 105 Å². The molecule has 8 aromatic rings. The number of hydrogen-bond donors (Lipinski definition) is 4. The minimum atomic E-state index is -3.22. The average molecular weight is 1230 g/mol. The molecule has 0 radical (unpaired) electrons. The van der Waals surface area contributed by atoms with Gasteiger partial charge in [0.25, 0.3) is 11.1 Å². The van der Waals surface area contributed by atoms with Crippen molar-refractivity contribution < 1.29 is 61.7 Å². The molecule has 0 fully saturated rings. The van der Waals surface area contributed by atoms with E-state index in [1.165, 1.54) is 0 Å². The maximum Gasteiger partial charge on any atom is 0.419 e. The van der Waals surface area contributed by atoms with Crippen LogP contribution in [0, 0.1) is 0 Å². The van der Waals surface area contributed by atoms with Crippen LogP contribution in [0.15, 0.2) is 121 Å². The van der Waals surface area contributed by atoms with E-state index in [-0.39, 0.29) is 77.1 Å². The van der Waals surface area contributed by atoms with Crippen molar-refractivity contribution in [1.29, 1.82) is 0 Å². The molecule has 0 amide bonds. The van der Waals surface area contributed by atoms with Gasteiger partial charge in [-0.25, -0.2) is 29.0 Å². The predicted molar refractivity (Wildman–Crippen MR) is 302 cm³/mol. The molecule has 0 unspecified atom stereocenters. The molecule has 0 atom stereocenters. The van der Waals surface area contributed by atoms with E-state index in [4.69, 9.17) is 49.0 Å².